The zero-order chi connectivity index (χ0) is 17.6. The van der Waals surface area contributed by atoms with Crippen LogP contribution in [0.2, 0.25) is 0 Å². The minimum Gasteiger partial charge on any atom is -0.316 e. The largest absolute Gasteiger partial charge is 0.339 e. The van der Waals surface area contributed by atoms with Gasteiger partial charge in [-0.15, -0.1) is 0 Å². The van der Waals surface area contributed by atoms with Gasteiger partial charge in [0.1, 0.15) is 0 Å². The van der Waals surface area contributed by atoms with Crippen molar-refractivity contribution in [2.45, 2.75) is 13.8 Å². The summed E-state index contributed by atoms with van der Waals surface area (Å²) in [5.41, 5.74) is 7.36. The molecule has 3 aromatic rings. The van der Waals surface area contributed by atoms with Crippen LogP contribution < -0.4 is 10.7 Å². The summed E-state index contributed by atoms with van der Waals surface area (Å²) >= 11 is 0. The molecular formula is C20H20N4O. The minimum absolute atomic E-state index is 0.372. The standard InChI is InChI=1S/C20H20N4O/c1-15-8-6-12-19(16(15)2)22-20(25)23-21-14-18-11-7-13-24(18)17-9-4-3-5-10-17/h3-14H,1-2H3,(H2,22,23,25)/b21-14+. The van der Waals surface area contributed by atoms with Crippen molar-refractivity contribution in [3.05, 3.63) is 83.7 Å². The summed E-state index contributed by atoms with van der Waals surface area (Å²) in [6, 6.07) is 19.2. The van der Waals surface area contributed by atoms with E-state index in [0.717, 1.165) is 28.2 Å². The third-order valence-corrected chi connectivity index (χ3v) is 4.03. The van der Waals surface area contributed by atoms with Gasteiger partial charge in [-0.3, -0.25) is 0 Å². The van der Waals surface area contributed by atoms with Crippen molar-refractivity contribution >= 4 is 17.9 Å². The van der Waals surface area contributed by atoms with Crippen LogP contribution >= 0.6 is 0 Å². The lowest BCUT2D eigenvalue weighted by atomic mass is 10.1. The Hall–Kier alpha value is -3.34. The third kappa shape index (κ3) is 3.95. The lowest BCUT2D eigenvalue weighted by molar-refractivity contribution is 0.252. The van der Waals surface area contributed by atoms with E-state index < -0.39 is 0 Å². The van der Waals surface area contributed by atoms with E-state index in [4.69, 9.17) is 0 Å². The molecule has 0 atom stereocenters. The van der Waals surface area contributed by atoms with E-state index in [1.807, 2.05) is 85.3 Å². The average Bonchev–Trinajstić information content (AvgIpc) is 3.08. The molecule has 1 heterocycles. The van der Waals surface area contributed by atoms with Gasteiger partial charge in [-0.2, -0.15) is 5.10 Å². The number of urea groups is 1. The molecule has 0 aliphatic heterocycles. The van der Waals surface area contributed by atoms with Crippen molar-refractivity contribution < 1.29 is 4.79 Å². The molecule has 0 saturated heterocycles. The predicted octanol–water partition coefficient (Wildman–Crippen LogP) is 4.25. The van der Waals surface area contributed by atoms with Gasteiger partial charge in [0, 0.05) is 17.6 Å². The molecule has 0 unspecified atom stereocenters. The fraction of sp³-hybridized carbons (Fsp3) is 0.100. The molecule has 1 aromatic heterocycles. The molecular weight excluding hydrogens is 312 g/mol. The summed E-state index contributed by atoms with van der Waals surface area (Å²) in [4.78, 5) is 12.0. The molecule has 2 amide bonds. The first kappa shape index (κ1) is 16.5. The number of nitrogens with zero attached hydrogens (tertiary/aromatic N) is 2. The first-order valence-corrected chi connectivity index (χ1v) is 8.04. The van der Waals surface area contributed by atoms with E-state index in [-0.39, 0.29) is 6.03 Å². The molecule has 0 spiro atoms. The van der Waals surface area contributed by atoms with Gasteiger partial charge in [-0.05, 0) is 55.3 Å². The maximum absolute atomic E-state index is 12.0. The Labute approximate surface area is 147 Å². The Morgan fingerprint density at radius 1 is 1.00 bits per heavy atom. The summed E-state index contributed by atoms with van der Waals surface area (Å²) < 4.78 is 1.99. The van der Waals surface area contributed by atoms with Crippen LogP contribution in [0.3, 0.4) is 0 Å². The van der Waals surface area contributed by atoms with Crippen LogP contribution in [0.4, 0.5) is 10.5 Å². The third-order valence-electron chi connectivity index (χ3n) is 4.03. The lowest BCUT2D eigenvalue weighted by Crippen LogP contribution is -2.24. The smallest absolute Gasteiger partial charge is 0.316 e. The zero-order valence-electron chi connectivity index (χ0n) is 14.2. The van der Waals surface area contributed by atoms with Crippen molar-refractivity contribution in [3.63, 3.8) is 0 Å². The second-order valence-electron chi connectivity index (χ2n) is 5.71. The van der Waals surface area contributed by atoms with E-state index >= 15 is 0 Å². The molecule has 0 fully saturated rings. The Morgan fingerprint density at radius 3 is 2.60 bits per heavy atom. The minimum atomic E-state index is -0.372. The first-order chi connectivity index (χ1) is 12.1. The summed E-state index contributed by atoms with van der Waals surface area (Å²) in [6.07, 6.45) is 3.57. The quantitative estimate of drug-likeness (QED) is 0.544. The van der Waals surface area contributed by atoms with E-state index in [9.17, 15) is 4.79 Å². The van der Waals surface area contributed by atoms with Crippen molar-refractivity contribution in [2.75, 3.05) is 5.32 Å². The number of hydrazone groups is 1. The Balaban J connectivity index is 1.65. The molecule has 2 N–H and O–H groups in total. The van der Waals surface area contributed by atoms with Gasteiger partial charge in [0.15, 0.2) is 0 Å². The lowest BCUT2D eigenvalue weighted by Gasteiger charge is -2.09. The topological polar surface area (TPSA) is 58.4 Å². The van der Waals surface area contributed by atoms with Gasteiger partial charge in [0.05, 0.1) is 11.9 Å². The van der Waals surface area contributed by atoms with E-state index in [2.05, 4.69) is 15.8 Å². The summed E-state index contributed by atoms with van der Waals surface area (Å²) in [5, 5.41) is 6.85. The van der Waals surface area contributed by atoms with Crippen LogP contribution in [-0.2, 0) is 0 Å². The van der Waals surface area contributed by atoms with Gasteiger partial charge in [0.25, 0.3) is 0 Å². The van der Waals surface area contributed by atoms with Crippen molar-refractivity contribution in [1.29, 1.82) is 0 Å². The second kappa shape index (κ2) is 7.49. The monoisotopic (exact) mass is 332 g/mol. The van der Waals surface area contributed by atoms with Crippen LogP contribution in [-0.4, -0.2) is 16.8 Å². The van der Waals surface area contributed by atoms with Crippen molar-refractivity contribution in [3.8, 4) is 5.69 Å². The highest BCUT2D eigenvalue weighted by Crippen LogP contribution is 2.17. The summed E-state index contributed by atoms with van der Waals surface area (Å²) in [7, 11) is 0. The molecule has 3 rings (SSSR count). The van der Waals surface area contributed by atoms with Gasteiger partial charge >= 0.3 is 6.03 Å². The number of anilines is 1. The normalized spacial score (nSPS) is 10.8. The molecule has 2 aromatic carbocycles. The highest BCUT2D eigenvalue weighted by molar-refractivity contribution is 5.91. The number of rotatable bonds is 4. The molecule has 0 saturated carbocycles. The number of carbonyl (C=O) groups is 1. The molecule has 0 aliphatic carbocycles. The van der Waals surface area contributed by atoms with Crippen LogP contribution in [0, 0.1) is 13.8 Å². The molecule has 126 valence electrons. The van der Waals surface area contributed by atoms with Crippen LogP contribution in [0.1, 0.15) is 16.8 Å². The molecule has 0 bridgehead atoms. The predicted molar refractivity (Wildman–Crippen MR) is 101 cm³/mol. The number of aromatic nitrogens is 1. The maximum atomic E-state index is 12.0. The number of benzene rings is 2. The van der Waals surface area contributed by atoms with Gasteiger partial charge in [-0.25, -0.2) is 10.2 Å². The number of carbonyl (C=O) groups excluding carboxylic acids is 1. The molecule has 0 aliphatic rings. The first-order valence-electron chi connectivity index (χ1n) is 8.04. The molecule has 25 heavy (non-hydrogen) atoms. The molecule has 5 nitrogen and oxygen atoms in total. The Morgan fingerprint density at radius 2 is 1.80 bits per heavy atom. The second-order valence-corrected chi connectivity index (χ2v) is 5.71. The summed E-state index contributed by atoms with van der Waals surface area (Å²) in [6.45, 7) is 3.98. The number of para-hydroxylation sites is 1. The average molecular weight is 332 g/mol. The molecule has 5 heteroatoms. The highest BCUT2D eigenvalue weighted by Gasteiger charge is 2.05. The Bertz CT molecular complexity index is 897. The Kier molecular flexibility index (Phi) is 4.95. The fourth-order valence-electron chi connectivity index (χ4n) is 2.52. The summed E-state index contributed by atoms with van der Waals surface area (Å²) in [5.74, 6) is 0. The number of hydrogen-bond donors (Lipinski definition) is 2. The van der Waals surface area contributed by atoms with E-state index in [1.54, 1.807) is 6.21 Å². The van der Waals surface area contributed by atoms with E-state index in [0.29, 0.717) is 0 Å². The fourth-order valence-corrected chi connectivity index (χ4v) is 2.52. The number of aryl methyl sites for hydroxylation is 1. The number of nitrogens with one attached hydrogen (secondary N) is 2. The van der Waals surface area contributed by atoms with Gasteiger partial charge in [0.2, 0.25) is 0 Å². The van der Waals surface area contributed by atoms with Crippen LogP contribution in [0.15, 0.2) is 72.0 Å². The van der Waals surface area contributed by atoms with Crippen molar-refractivity contribution in [2.24, 2.45) is 5.10 Å². The maximum Gasteiger partial charge on any atom is 0.339 e. The SMILES string of the molecule is Cc1cccc(NC(=O)N/N=C/c2cccn2-c2ccccc2)c1C. The van der Waals surface area contributed by atoms with Gasteiger partial charge < -0.3 is 9.88 Å². The van der Waals surface area contributed by atoms with E-state index in [1.165, 1.54) is 0 Å². The number of hydrogen-bond acceptors (Lipinski definition) is 2. The van der Waals surface area contributed by atoms with Crippen LogP contribution in [0.5, 0.6) is 0 Å². The van der Waals surface area contributed by atoms with Gasteiger partial charge in [-0.1, -0.05) is 30.3 Å². The van der Waals surface area contributed by atoms with Crippen molar-refractivity contribution in [1.82, 2.24) is 9.99 Å². The van der Waals surface area contributed by atoms with Crippen LogP contribution in [0.25, 0.3) is 5.69 Å². The number of amides is 2. The molecule has 0 radical (unpaired) electrons. The highest BCUT2D eigenvalue weighted by atomic mass is 16.2. The zero-order valence-corrected chi connectivity index (χ0v) is 14.2.